The highest BCUT2D eigenvalue weighted by atomic mass is 16.3. The molecule has 3 heteroatoms. The smallest absolute Gasteiger partial charge is 0.115 e. The van der Waals surface area contributed by atoms with Crippen molar-refractivity contribution < 1.29 is 10.2 Å². The fourth-order valence-electron chi connectivity index (χ4n) is 6.92. The third kappa shape index (κ3) is 3.42. The molecule has 2 saturated carbocycles. The minimum atomic E-state index is -0.110. The van der Waals surface area contributed by atoms with E-state index in [0.717, 1.165) is 25.8 Å². The first-order valence-electron chi connectivity index (χ1n) is 11.2. The molecule has 27 heavy (non-hydrogen) atoms. The minimum absolute atomic E-state index is 0.110. The number of fused-ring (bicyclic) bond motifs is 5. The van der Waals surface area contributed by atoms with Gasteiger partial charge in [-0.2, -0.15) is 0 Å². The highest BCUT2D eigenvalue weighted by Crippen LogP contribution is 2.62. The Morgan fingerprint density at radius 1 is 1.15 bits per heavy atom. The maximum absolute atomic E-state index is 10.7. The minimum Gasteiger partial charge on any atom is -0.508 e. The number of benzene rings is 1. The second kappa shape index (κ2) is 7.75. The van der Waals surface area contributed by atoms with Gasteiger partial charge in [0.15, 0.2) is 0 Å². The van der Waals surface area contributed by atoms with Crippen molar-refractivity contribution in [2.75, 3.05) is 13.6 Å². The van der Waals surface area contributed by atoms with Crippen LogP contribution in [0.4, 0.5) is 0 Å². The van der Waals surface area contributed by atoms with Crippen molar-refractivity contribution in [3.05, 3.63) is 29.3 Å². The Hall–Kier alpha value is -1.06. The number of unbranched alkanes of at least 4 members (excludes halogenated alkanes) is 2. The van der Waals surface area contributed by atoms with E-state index < -0.39 is 0 Å². The summed E-state index contributed by atoms with van der Waals surface area (Å²) in [6, 6.07) is 6.10. The fourth-order valence-corrected chi connectivity index (χ4v) is 6.92. The van der Waals surface area contributed by atoms with E-state index >= 15 is 0 Å². The SMILES string of the molecule is CNCCCCC[C@@H]1Cc2cc(O)ccc2[C@H]2CC[C@]3(C)[C@@H](O)CC[C@H]3[C@H]12. The van der Waals surface area contributed by atoms with Gasteiger partial charge in [0.1, 0.15) is 5.75 Å². The first-order chi connectivity index (χ1) is 13.0. The van der Waals surface area contributed by atoms with Crippen LogP contribution in [0.2, 0.25) is 0 Å². The highest BCUT2D eigenvalue weighted by Gasteiger charge is 2.56. The molecule has 0 saturated heterocycles. The van der Waals surface area contributed by atoms with Gasteiger partial charge in [0.2, 0.25) is 0 Å². The average molecular weight is 372 g/mol. The van der Waals surface area contributed by atoms with Crippen LogP contribution < -0.4 is 5.32 Å². The topological polar surface area (TPSA) is 52.5 Å². The van der Waals surface area contributed by atoms with E-state index in [9.17, 15) is 10.2 Å². The monoisotopic (exact) mass is 371 g/mol. The molecule has 3 aliphatic carbocycles. The number of aliphatic hydroxyl groups excluding tert-OH is 1. The molecule has 4 rings (SSSR count). The van der Waals surface area contributed by atoms with E-state index in [0.29, 0.717) is 29.4 Å². The largest absolute Gasteiger partial charge is 0.508 e. The third-order valence-corrected chi connectivity index (χ3v) is 8.34. The van der Waals surface area contributed by atoms with E-state index in [4.69, 9.17) is 0 Å². The molecule has 3 aliphatic rings. The van der Waals surface area contributed by atoms with Crippen LogP contribution in [-0.2, 0) is 6.42 Å². The first-order valence-corrected chi connectivity index (χ1v) is 11.2. The summed E-state index contributed by atoms with van der Waals surface area (Å²) in [6.07, 6.45) is 10.7. The quantitative estimate of drug-likeness (QED) is 0.640. The normalized spacial score (nSPS) is 37.5. The average Bonchev–Trinajstić information content (AvgIpc) is 2.96. The molecule has 2 fully saturated rings. The lowest BCUT2D eigenvalue weighted by Crippen LogP contribution is -2.47. The predicted molar refractivity (Wildman–Crippen MR) is 110 cm³/mol. The molecule has 150 valence electrons. The van der Waals surface area contributed by atoms with Crippen molar-refractivity contribution in [3.8, 4) is 5.75 Å². The Morgan fingerprint density at radius 3 is 2.81 bits per heavy atom. The van der Waals surface area contributed by atoms with Crippen LogP contribution in [0.3, 0.4) is 0 Å². The lowest BCUT2D eigenvalue weighted by atomic mass is 9.52. The number of hydrogen-bond acceptors (Lipinski definition) is 3. The van der Waals surface area contributed by atoms with Crippen molar-refractivity contribution in [2.24, 2.45) is 23.2 Å². The van der Waals surface area contributed by atoms with Crippen LogP contribution in [0.25, 0.3) is 0 Å². The molecule has 0 spiro atoms. The van der Waals surface area contributed by atoms with Gasteiger partial charge in [-0.15, -0.1) is 0 Å². The first kappa shape index (κ1) is 19.3. The predicted octanol–water partition coefficient (Wildman–Crippen LogP) is 4.62. The van der Waals surface area contributed by atoms with Crippen molar-refractivity contribution >= 4 is 0 Å². The Labute approximate surface area is 164 Å². The molecule has 1 aromatic carbocycles. The molecule has 3 nitrogen and oxygen atoms in total. The van der Waals surface area contributed by atoms with E-state index in [1.54, 1.807) is 0 Å². The Bertz CT molecular complexity index is 660. The number of phenols is 1. The number of nitrogens with one attached hydrogen (secondary N) is 1. The molecule has 0 heterocycles. The van der Waals surface area contributed by atoms with Crippen molar-refractivity contribution in [2.45, 2.75) is 76.7 Å². The van der Waals surface area contributed by atoms with Crippen LogP contribution in [0.5, 0.6) is 5.75 Å². The summed E-state index contributed by atoms with van der Waals surface area (Å²) in [5.74, 6) is 3.11. The van der Waals surface area contributed by atoms with E-state index in [1.165, 1.54) is 49.7 Å². The maximum atomic E-state index is 10.7. The van der Waals surface area contributed by atoms with Gasteiger partial charge in [-0.05, 0) is 111 Å². The molecule has 0 bridgehead atoms. The van der Waals surface area contributed by atoms with Crippen LogP contribution in [-0.4, -0.2) is 29.9 Å². The summed E-state index contributed by atoms with van der Waals surface area (Å²) in [6.45, 7) is 3.47. The zero-order valence-corrected chi connectivity index (χ0v) is 17.1. The summed E-state index contributed by atoms with van der Waals surface area (Å²) in [4.78, 5) is 0. The zero-order chi connectivity index (χ0) is 19.0. The van der Waals surface area contributed by atoms with Gasteiger partial charge < -0.3 is 15.5 Å². The molecule has 0 aromatic heterocycles. The standard InChI is InChI=1S/C24H37NO2/c1-24-12-11-20-19-8-7-18(26)15-17(19)14-16(6-4-3-5-13-25-2)23(20)21(24)9-10-22(24)27/h7-8,15-16,20-23,25-27H,3-6,9-14H2,1-2H3/t16-,20-,21+,22+,23-,24+/m1/s1. The molecule has 0 unspecified atom stereocenters. The zero-order valence-electron chi connectivity index (χ0n) is 17.1. The van der Waals surface area contributed by atoms with Crippen molar-refractivity contribution in [3.63, 3.8) is 0 Å². The lowest BCUT2D eigenvalue weighted by molar-refractivity contribution is -0.0396. The summed E-state index contributed by atoms with van der Waals surface area (Å²) in [7, 11) is 2.03. The maximum Gasteiger partial charge on any atom is 0.115 e. The third-order valence-electron chi connectivity index (χ3n) is 8.34. The lowest BCUT2D eigenvalue weighted by Gasteiger charge is -2.53. The highest BCUT2D eigenvalue weighted by molar-refractivity contribution is 5.40. The van der Waals surface area contributed by atoms with E-state index in [1.807, 2.05) is 19.2 Å². The molecule has 6 atom stereocenters. The van der Waals surface area contributed by atoms with Gasteiger partial charge in [-0.1, -0.05) is 25.8 Å². The van der Waals surface area contributed by atoms with Gasteiger partial charge in [-0.25, -0.2) is 0 Å². The Kier molecular flexibility index (Phi) is 5.53. The molecule has 0 amide bonds. The fraction of sp³-hybridized carbons (Fsp3) is 0.750. The molecular formula is C24H37NO2. The summed E-state index contributed by atoms with van der Waals surface area (Å²) in [5, 5.41) is 24.0. The van der Waals surface area contributed by atoms with Gasteiger partial charge in [-0.3, -0.25) is 0 Å². The van der Waals surface area contributed by atoms with Gasteiger partial charge >= 0.3 is 0 Å². The molecular weight excluding hydrogens is 334 g/mol. The Balaban J connectivity index is 1.59. The second-order valence-corrected chi connectivity index (χ2v) is 9.73. The number of aliphatic hydroxyl groups is 1. The van der Waals surface area contributed by atoms with E-state index in [-0.39, 0.29) is 11.5 Å². The number of hydrogen-bond donors (Lipinski definition) is 3. The molecule has 0 radical (unpaired) electrons. The van der Waals surface area contributed by atoms with Crippen LogP contribution in [0.15, 0.2) is 18.2 Å². The summed E-state index contributed by atoms with van der Waals surface area (Å²) >= 11 is 0. The Morgan fingerprint density at radius 2 is 2.00 bits per heavy atom. The van der Waals surface area contributed by atoms with Crippen LogP contribution in [0.1, 0.15) is 75.3 Å². The van der Waals surface area contributed by atoms with Crippen LogP contribution in [0, 0.1) is 23.2 Å². The van der Waals surface area contributed by atoms with Crippen LogP contribution >= 0.6 is 0 Å². The number of rotatable bonds is 6. The summed E-state index contributed by atoms with van der Waals surface area (Å²) in [5.41, 5.74) is 3.01. The van der Waals surface area contributed by atoms with Crippen molar-refractivity contribution in [1.29, 1.82) is 0 Å². The van der Waals surface area contributed by atoms with E-state index in [2.05, 4.69) is 18.3 Å². The molecule has 3 N–H and O–H groups in total. The van der Waals surface area contributed by atoms with Gasteiger partial charge in [0.25, 0.3) is 0 Å². The second-order valence-electron chi connectivity index (χ2n) is 9.73. The van der Waals surface area contributed by atoms with Crippen molar-refractivity contribution in [1.82, 2.24) is 5.32 Å². The number of aromatic hydroxyl groups is 1. The molecule has 0 aliphatic heterocycles. The number of phenolic OH excluding ortho intramolecular Hbond substituents is 1. The van der Waals surface area contributed by atoms with Gasteiger partial charge in [0, 0.05) is 0 Å². The van der Waals surface area contributed by atoms with Gasteiger partial charge in [0.05, 0.1) is 6.10 Å². The summed E-state index contributed by atoms with van der Waals surface area (Å²) < 4.78 is 0. The molecule has 1 aromatic rings.